The van der Waals surface area contributed by atoms with Gasteiger partial charge in [0.1, 0.15) is 17.2 Å². The van der Waals surface area contributed by atoms with Crippen LogP contribution in [0.1, 0.15) is 18.4 Å². The van der Waals surface area contributed by atoms with Crippen LogP contribution in [0.15, 0.2) is 34.6 Å². The zero-order chi connectivity index (χ0) is 20.6. The van der Waals surface area contributed by atoms with Gasteiger partial charge in [-0.3, -0.25) is 4.99 Å². The number of hydrogen-bond acceptors (Lipinski definition) is 6. The van der Waals surface area contributed by atoms with Crippen molar-refractivity contribution in [3.05, 3.63) is 35.2 Å². The highest BCUT2D eigenvalue weighted by atomic mass is 127. The van der Waals surface area contributed by atoms with Crippen LogP contribution in [-0.4, -0.2) is 53.5 Å². The first-order chi connectivity index (χ1) is 14.2. The van der Waals surface area contributed by atoms with Gasteiger partial charge >= 0.3 is 0 Å². The summed E-state index contributed by atoms with van der Waals surface area (Å²) in [4.78, 5) is 6.84. The second kappa shape index (κ2) is 12.1. The topological polar surface area (TPSA) is 67.4 Å². The van der Waals surface area contributed by atoms with Crippen LogP contribution in [-0.2, 0) is 6.54 Å². The molecule has 1 aliphatic heterocycles. The molecule has 1 saturated heterocycles. The summed E-state index contributed by atoms with van der Waals surface area (Å²) in [6.07, 6.45) is 2.15. The summed E-state index contributed by atoms with van der Waals surface area (Å²) in [5, 5.41) is 10.4. The minimum Gasteiger partial charge on any atom is -0.496 e. The molecule has 2 aromatic rings. The fourth-order valence-corrected chi connectivity index (χ4v) is 4.29. The zero-order valence-electron chi connectivity index (χ0n) is 17.9. The van der Waals surface area contributed by atoms with E-state index in [9.17, 15) is 0 Å². The summed E-state index contributed by atoms with van der Waals surface area (Å²) >= 11 is 1.80. The first-order valence-electron chi connectivity index (χ1n) is 9.73. The molecule has 30 heavy (non-hydrogen) atoms. The van der Waals surface area contributed by atoms with Crippen molar-refractivity contribution in [2.45, 2.75) is 25.4 Å². The van der Waals surface area contributed by atoms with Crippen molar-refractivity contribution in [1.29, 1.82) is 0 Å². The highest BCUT2D eigenvalue weighted by Gasteiger charge is 2.21. The Morgan fingerprint density at radius 3 is 2.30 bits per heavy atom. The van der Waals surface area contributed by atoms with E-state index in [1.165, 1.54) is 5.00 Å². The van der Waals surface area contributed by atoms with Crippen LogP contribution in [0.25, 0.3) is 0 Å². The molecule has 9 heteroatoms. The summed E-state index contributed by atoms with van der Waals surface area (Å²) in [6.45, 7) is 2.63. The summed E-state index contributed by atoms with van der Waals surface area (Å²) in [5.41, 5.74) is 0.922. The molecule has 1 aromatic heterocycles. The van der Waals surface area contributed by atoms with Crippen LogP contribution in [0.3, 0.4) is 0 Å². The SMILES string of the molecule is CN=C(NCc1c(OC)cc(OC)cc1OC)NC1CCN(c2cccs2)CC1.I. The van der Waals surface area contributed by atoms with Gasteiger partial charge in [0.15, 0.2) is 5.96 Å². The molecule has 0 aliphatic carbocycles. The lowest BCUT2D eigenvalue weighted by Crippen LogP contribution is -2.48. The number of piperidine rings is 1. The van der Waals surface area contributed by atoms with Gasteiger partial charge < -0.3 is 29.7 Å². The first-order valence-corrected chi connectivity index (χ1v) is 10.6. The van der Waals surface area contributed by atoms with Crippen molar-refractivity contribution < 1.29 is 14.2 Å². The fourth-order valence-electron chi connectivity index (χ4n) is 3.51. The lowest BCUT2D eigenvalue weighted by atomic mass is 10.1. The van der Waals surface area contributed by atoms with Crippen LogP contribution in [0.5, 0.6) is 17.2 Å². The molecule has 1 aromatic carbocycles. The Balaban J connectivity index is 0.00000320. The summed E-state index contributed by atoms with van der Waals surface area (Å²) in [5.74, 6) is 2.91. The predicted octanol–water partition coefficient (Wildman–Crippen LogP) is 3.73. The molecule has 1 aliphatic rings. The number of aliphatic imine (C=N–C) groups is 1. The number of benzene rings is 1. The third kappa shape index (κ3) is 6.07. The predicted molar refractivity (Wildman–Crippen MR) is 134 cm³/mol. The van der Waals surface area contributed by atoms with Crippen molar-refractivity contribution in [3.8, 4) is 17.2 Å². The van der Waals surface area contributed by atoms with Gasteiger partial charge in [-0.25, -0.2) is 0 Å². The molecule has 7 nitrogen and oxygen atoms in total. The summed E-state index contributed by atoms with van der Waals surface area (Å²) < 4.78 is 16.4. The molecule has 2 heterocycles. The Morgan fingerprint density at radius 2 is 1.80 bits per heavy atom. The van der Waals surface area contributed by atoms with E-state index < -0.39 is 0 Å². The molecule has 0 saturated carbocycles. The number of anilines is 1. The minimum absolute atomic E-state index is 0. The highest BCUT2D eigenvalue weighted by Crippen LogP contribution is 2.33. The molecule has 0 spiro atoms. The normalized spacial score (nSPS) is 14.7. The first kappa shape index (κ1) is 24.4. The molecule has 0 atom stereocenters. The number of nitrogens with one attached hydrogen (secondary N) is 2. The Bertz CT molecular complexity index is 784. The smallest absolute Gasteiger partial charge is 0.191 e. The van der Waals surface area contributed by atoms with Gasteiger partial charge in [-0.1, -0.05) is 0 Å². The minimum atomic E-state index is 0. The maximum Gasteiger partial charge on any atom is 0.191 e. The molecule has 3 rings (SSSR count). The maximum atomic E-state index is 5.53. The van der Waals surface area contributed by atoms with Crippen LogP contribution in [0.2, 0.25) is 0 Å². The molecule has 166 valence electrons. The Kier molecular flexibility index (Phi) is 9.83. The van der Waals surface area contributed by atoms with Gasteiger partial charge in [0, 0.05) is 38.3 Å². The van der Waals surface area contributed by atoms with Crippen LogP contribution in [0, 0.1) is 0 Å². The second-order valence-corrected chi connectivity index (χ2v) is 7.72. The van der Waals surface area contributed by atoms with Gasteiger partial charge in [-0.2, -0.15) is 0 Å². The zero-order valence-corrected chi connectivity index (χ0v) is 21.1. The number of nitrogens with zero attached hydrogens (tertiary/aromatic N) is 2. The van der Waals surface area contributed by atoms with Crippen molar-refractivity contribution >= 4 is 46.3 Å². The third-order valence-corrected chi connectivity index (χ3v) is 6.06. The van der Waals surface area contributed by atoms with Crippen LogP contribution < -0.4 is 29.7 Å². The van der Waals surface area contributed by atoms with E-state index in [1.807, 2.05) is 12.1 Å². The second-order valence-electron chi connectivity index (χ2n) is 6.79. The van der Waals surface area contributed by atoms with Gasteiger partial charge in [0.05, 0.1) is 38.4 Å². The number of hydrogen-bond donors (Lipinski definition) is 2. The van der Waals surface area contributed by atoms with Crippen molar-refractivity contribution in [3.63, 3.8) is 0 Å². The fraction of sp³-hybridized carbons (Fsp3) is 0.476. The van der Waals surface area contributed by atoms with Crippen LogP contribution >= 0.6 is 35.3 Å². The highest BCUT2D eigenvalue weighted by molar-refractivity contribution is 14.0. The molecule has 2 N–H and O–H groups in total. The number of guanidine groups is 1. The lowest BCUT2D eigenvalue weighted by molar-refractivity contribution is 0.368. The molecule has 0 bridgehead atoms. The monoisotopic (exact) mass is 546 g/mol. The Morgan fingerprint density at radius 1 is 1.13 bits per heavy atom. The molecular weight excluding hydrogens is 515 g/mol. The molecule has 0 unspecified atom stereocenters. The van der Waals surface area contributed by atoms with E-state index in [1.54, 1.807) is 39.7 Å². The number of methoxy groups -OCH3 is 3. The van der Waals surface area contributed by atoms with Gasteiger partial charge in [0.25, 0.3) is 0 Å². The van der Waals surface area contributed by atoms with E-state index in [-0.39, 0.29) is 24.0 Å². The number of thiophene rings is 1. The standard InChI is InChI=1S/C21H30N4O3S.HI/c1-22-21(24-15-7-9-25(10-8-15)20-6-5-11-29-20)23-14-17-18(27-3)12-16(26-2)13-19(17)28-4;/h5-6,11-13,15H,7-10,14H2,1-4H3,(H2,22,23,24);1H. The van der Waals surface area contributed by atoms with E-state index in [2.05, 4.69) is 38.0 Å². The number of rotatable bonds is 7. The molecular formula is C21H31IN4O3S. The van der Waals surface area contributed by atoms with Crippen molar-refractivity contribution in [2.75, 3.05) is 46.4 Å². The molecule has 0 amide bonds. The average molecular weight is 546 g/mol. The van der Waals surface area contributed by atoms with E-state index >= 15 is 0 Å². The third-order valence-electron chi connectivity index (χ3n) is 5.13. The van der Waals surface area contributed by atoms with E-state index in [0.29, 0.717) is 29.8 Å². The lowest BCUT2D eigenvalue weighted by Gasteiger charge is -2.33. The van der Waals surface area contributed by atoms with Gasteiger partial charge in [-0.05, 0) is 30.4 Å². The van der Waals surface area contributed by atoms with Gasteiger partial charge in [0.2, 0.25) is 0 Å². The summed E-state index contributed by atoms with van der Waals surface area (Å²) in [7, 11) is 6.71. The summed E-state index contributed by atoms with van der Waals surface area (Å²) in [6, 6.07) is 8.41. The van der Waals surface area contributed by atoms with Crippen LogP contribution in [0.4, 0.5) is 5.00 Å². The number of ether oxygens (including phenoxy) is 3. The maximum absolute atomic E-state index is 5.53. The quantitative estimate of drug-likeness (QED) is 0.314. The van der Waals surface area contributed by atoms with E-state index in [0.717, 1.165) is 37.5 Å². The largest absolute Gasteiger partial charge is 0.496 e. The van der Waals surface area contributed by atoms with E-state index in [4.69, 9.17) is 14.2 Å². The Hall–Kier alpha value is -1.88. The van der Waals surface area contributed by atoms with Crippen molar-refractivity contribution in [2.24, 2.45) is 4.99 Å². The van der Waals surface area contributed by atoms with Crippen molar-refractivity contribution in [1.82, 2.24) is 10.6 Å². The number of halogens is 1. The Labute approximate surface area is 199 Å². The molecule has 1 fully saturated rings. The molecule has 0 radical (unpaired) electrons. The van der Waals surface area contributed by atoms with Gasteiger partial charge in [-0.15, -0.1) is 35.3 Å². The average Bonchev–Trinajstić information content (AvgIpc) is 3.31.